The minimum Gasteiger partial charge on any atom is -0.396 e. The Morgan fingerprint density at radius 3 is 2.55 bits per heavy atom. The van der Waals surface area contributed by atoms with Gasteiger partial charge in [-0.2, -0.15) is 0 Å². The molecule has 122 valence electrons. The van der Waals surface area contributed by atoms with Crippen molar-refractivity contribution in [3.05, 3.63) is 34.9 Å². The van der Waals surface area contributed by atoms with E-state index in [-0.39, 0.29) is 12.6 Å². The zero-order valence-electron chi connectivity index (χ0n) is 13.9. The Balaban J connectivity index is 1.84. The van der Waals surface area contributed by atoms with Crippen LogP contribution in [0, 0.1) is 19.8 Å². The third-order valence-corrected chi connectivity index (χ3v) is 4.87. The summed E-state index contributed by atoms with van der Waals surface area (Å²) in [6.45, 7) is 5.00. The largest absolute Gasteiger partial charge is 0.396 e. The number of amides is 2. The summed E-state index contributed by atoms with van der Waals surface area (Å²) >= 11 is 0. The minimum atomic E-state index is -0.00702. The van der Waals surface area contributed by atoms with Gasteiger partial charge in [-0.25, -0.2) is 4.79 Å². The second-order valence-corrected chi connectivity index (χ2v) is 6.56. The normalized spacial score (nSPS) is 21.5. The van der Waals surface area contributed by atoms with Gasteiger partial charge in [0.1, 0.15) is 0 Å². The molecule has 1 aliphatic carbocycles. The van der Waals surface area contributed by atoms with Gasteiger partial charge in [0, 0.05) is 26.2 Å². The Morgan fingerprint density at radius 1 is 1.27 bits per heavy atom. The highest BCUT2D eigenvalue weighted by molar-refractivity contribution is 5.74. The highest BCUT2D eigenvalue weighted by Crippen LogP contribution is 2.26. The molecule has 22 heavy (non-hydrogen) atoms. The highest BCUT2D eigenvalue weighted by Gasteiger charge is 2.26. The number of carbonyl (C=O) groups is 1. The molecule has 2 rings (SSSR count). The third-order valence-electron chi connectivity index (χ3n) is 4.87. The van der Waals surface area contributed by atoms with Crippen molar-refractivity contribution in [1.29, 1.82) is 0 Å². The maximum Gasteiger partial charge on any atom is 0.317 e. The third kappa shape index (κ3) is 4.23. The topological polar surface area (TPSA) is 52.6 Å². The zero-order chi connectivity index (χ0) is 16.1. The van der Waals surface area contributed by atoms with Gasteiger partial charge in [-0.1, -0.05) is 23.8 Å². The summed E-state index contributed by atoms with van der Waals surface area (Å²) in [7, 11) is 1.88. The van der Waals surface area contributed by atoms with Crippen LogP contribution in [0.5, 0.6) is 0 Å². The maximum atomic E-state index is 12.3. The SMILES string of the molecule is Cc1ccc(CNC(=O)N(C)C2CCC(CO)CC2)c(C)c1. The molecule has 1 saturated carbocycles. The molecule has 0 unspecified atom stereocenters. The standard InChI is InChI=1S/C18H28N2O2/c1-13-4-7-16(14(2)10-13)11-19-18(22)20(3)17-8-5-15(12-21)6-9-17/h4,7,10,15,17,21H,5-6,8-9,11-12H2,1-3H3,(H,19,22). The van der Waals surface area contributed by atoms with E-state index in [4.69, 9.17) is 0 Å². The number of benzene rings is 1. The number of hydrogen-bond donors (Lipinski definition) is 2. The molecule has 1 aromatic rings. The van der Waals surface area contributed by atoms with E-state index >= 15 is 0 Å². The second-order valence-electron chi connectivity index (χ2n) is 6.56. The van der Waals surface area contributed by atoms with Gasteiger partial charge in [-0.05, 0) is 56.6 Å². The molecule has 0 spiro atoms. The summed E-state index contributed by atoms with van der Waals surface area (Å²) in [6, 6.07) is 6.59. The number of aliphatic hydroxyl groups is 1. The first kappa shape index (κ1) is 16.8. The summed E-state index contributed by atoms with van der Waals surface area (Å²) in [4.78, 5) is 14.1. The highest BCUT2D eigenvalue weighted by atomic mass is 16.3. The van der Waals surface area contributed by atoms with E-state index in [0.717, 1.165) is 31.2 Å². The van der Waals surface area contributed by atoms with Gasteiger partial charge < -0.3 is 15.3 Å². The van der Waals surface area contributed by atoms with Crippen LogP contribution in [0.15, 0.2) is 18.2 Å². The Morgan fingerprint density at radius 2 is 1.95 bits per heavy atom. The van der Waals surface area contributed by atoms with Crippen LogP contribution in [0.4, 0.5) is 4.79 Å². The van der Waals surface area contributed by atoms with E-state index < -0.39 is 0 Å². The van der Waals surface area contributed by atoms with Crippen LogP contribution in [-0.2, 0) is 6.54 Å². The summed E-state index contributed by atoms with van der Waals surface area (Å²) in [5.74, 6) is 0.419. The van der Waals surface area contributed by atoms with E-state index in [1.54, 1.807) is 0 Å². The average molecular weight is 304 g/mol. The predicted molar refractivity (Wildman–Crippen MR) is 88.7 cm³/mol. The lowest BCUT2D eigenvalue weighted by molar-refractivity contribution is 0.134. The second kappa shape index (κ2) is 7.63. The monoisotopic (exact) mass is 304 g/mol. The fourth-order valence-corrected chi connectivity index (χ4v) is 3.22. The molecule has 1 aliphatic rings. The van der Waals surface area contributed by atoms with Crippen LogP contribution in [0.25, 0.3) is 0 Å². The minimum absolute atomic E-state index is 0.00702. The predicted octanol–water partition coefficient (Wildman–Crippen LogP) is 3.00. The summed E-state index contributed by atoms with van der Waals surface area (Å²) in [6.07, 6.45) is 3.99. The van der Waals surface area contributed by atoms with Gasteiger partial charge in [-0.3, -0.25) is 0 Å². The van der Waals surface area contributed by atoms with Crippen molar-refractivity contribution in [2.75, 3.05) is 13.7 Å². The number of urea groups is 1. The molecule has 4 heteroatoms. The van der Waals surface area contributed by atoms with Gasteiger partial charge >= 0.3 is 6.03 Å². The van der Waals surface area contributed by atoms with Crippen molar-refractivity contribution in [3.63, 3.8) is 0 Å². The summed E-state index contributed by atoms with van der Waals surface area (Å²) in [5, 5.41) is 12.2. The molecular weight excluding hydrogens is 276 g/mol. The molecule has 1 aromatic carbocycles. The van der Waals surface area contributed by atoms with Crippen molar-refractivity contribution in [2.24, 2.45) is 5.92 Å². The summed E-state index contributed by atoms with van der Waals surface area (Å²) in [5.41, 5.74) is 3.62. The number of aliphatic hydroxyl groups excluding tert-OH is 1. The quantitative estimate of drug-likeness (QED) is 0.898. The lowest BCUT2D eigenvalue weighted by atomic mass is 9.86. The Labute approximate surface area is 133 Å². The van der Waals surface area contributed by atoms with Gasteiger partial charge in [0.25, 0.3) is 0 Å². The molecule has 1 fully saturated rings. The van der Waals surface area contributed by atoms with E-state index in [2.05, 4.69) is 37.4 Å². The number of rotatable bonds is 4. The molecule has 2 amide bonds. The Kier molecular flexibility index (Phi) is 5.83. The Bertz CT molecular complexity index is 508. The van der Waals surface area contributed by atoms with Gasteiger partial charge in [0.2, 0.25) is 0 Å². The molecule has 0 aliphatic heterocycles. The van der Waals surface area contributed by atoms with Crippen LogP contribution in [-0.4, -0.2) is 35.7 Å². The molecule has 4 nitrogen and oxygen atoms in total. The smallest absolute Gasteiger partial charge is 0.317 e. The van der Waals surface area contributed by atoms with Gasteiger partial charge in [-0.15, -0.1) is 0 Å². The van der Waals surface area contributed by atoms with E-state index in [1.165, 1.54) is 11.1 Å². The lowest BCUT2D eigenvalue weighted by Crippen LogP contribution is -2.45. The van der Waals surface area contributed by atoms with Crippen molar-refractivity contribution in [2.45, 2.75) is 52.1 Å². The lowest BCUT2D eigenvalue weighted by Gasteiger charge is -2.34. The number of hydrogen-bond acceptors (Lipinski definition) is 2. The van der Waals surface area contributed by atoms with Crippen LogP contribution in [0.3, 0.4) is 0 Å². The molecule has 0 saturated heterocycles. The zero-order valence-corrected chi connectivity index (χ0v) is 13.9. The van der Waals surface area contributed by atoms with Crippen molar-refractivity contribution < 1.29 is 9.90 Å². The number of nitrogens with zero attached hydrogens (tertiary/aromatic N) is 1. The van der Waals surface area contributed by atoms with Crippen molar-refractivity contribution >= 4 is 6.03 Å². The fourth-order valence-electron chi connectivity index (χ4n) is 3.22. The average Bonchev–Trinajstić information content (AvgIpc) is 2.53. The van der Waals surface area contributed by atoms with Crippen LogP contribution < -0.4 is 5.32 Å². The fraction of sp³-hybridized carbons (Fsp3) is 0.611. The first-order valence-corrected chi connectivity index (χ1v) is 8.19. The number of nitrogens with one attached hydrogen (secondary N) is 1. The van der Waals surface area contributed by atoms with E-state index in [1.807, 2.05) is 11.9 Å². The summed E-state index contributed by atoms with van der Waals surface area (Å²) < 4.78 is 0. The molecule has 0 aromatic heterocycles. The molecular formula is C18H28N2O2. The van der Waals surface area contributed by atoms with Crippen molar-refractivity contribution in [3.8, 4) is 0 Å². The molecule has 0 atom stereocenters. The molecule has 0 heterocycles. The first-order chi connectivity index (χ1) is 10.5. The molecule has 0 radical (unpaired) electrons. The molecule has 2 N–H and O–H groups in total. The molecule has 0 bridgehead atoms. The van der Waals surface area contributed by atoms with Gasteiger partial charge in [0.15, 0.2) is 0 Å². The van der Waals surface area contributed by atoms with Gasteiger partial charge in [0.05, 0.1) is 0 Å². The van der Waals surface area contributed by atoms with Crippen LogP contribution in [0.2, 0.25) is 0 Å². The van der Waals surface area contributed by atoms with Crippen molar-refractivity contribution in [1.82, 2.24) is 10.2 Å². The van der Waals surface area contributed by atoms with Crippen LogP contribution >= 0.6 is 0 Å². The number of carbonyl (C=O) groups excluding carboxylic acids is 1. The Hall–Kier alpha value is -1.55. The van der Waals surface area contributed by atoms with E-state index in [9.17, 15) is 9.90 Å². The van der Waals surface area contributed by atoms with E-state index in [0.29, 0.717) is 18.5 Å². The maximum absolute atomic E-state index is 12.3. The number of aryl methyl sites for hydroxylation is 2. The van der Waals surface area contributed by atoms with Crippen LogP contribution in [0.1, 0.15) is 42.4 Å². The first-order valence-electron chi connectivity index (χ1n) is 8.19.